The molecule has 0 bridgehead atoms. The summed E-state index contributed by atoms with van der Waals surface area (Å²) in [6.07, 6.45) is 7.39. The van der Waals surface area contributed by atoms with Crippen LogP contribution in [0.4, 0.5) is 0 Å². The Hall–Kier alpha value is -2.39. The molecular formula is C24H31NO2. The summed E-state index contributed by atoms with van der Waals surface area (Å²) in [4.78, 5) is 14.9. The van der Waals surface area contributed by atoms with Crippen molar-refractivity contribution in [3.8, 4) is 0 Å². The van der Waals surface area contributed by atoms with E-state index < -0.39 is 0 Å². The molecule has 1 atom stereocenters. The smallest absolute Gasteiger partial charge is 0.327 e. The average molecular weight is 366 g/mol. The van der Waals surface area contributed by atoms with Gasteiger partial charge in [-0.25, -0.2) is 0 Å². The van der Waals surface area contributed by atoms with E-state index >= 15 is 0 Å². The van der Waals surface area contributed by atoms with Gasteiger partial charge in [0, 0.05) is 13.1 Å². The van der Waals surface area contributed by atoms with E-state index in [-0.39, 0.29) is 12.0 Å². The van der Waals surface area contributed by atoms with Gasteiger partial charge in [-0.05, 0) is 24.5 Å². The Bertz CT molecular complexity index is 641. The molecule has 3 heteroatoms. The molecule has 1 unspecified atom stereocenters. The maximum absolute atomic E-state index is 12.7. The molecule has 2 aromatic carbocycles. The van der Waals surface area contributed by atoms with Gasteiger partial charge in [0.15, 0.2) is 0 Å². The summed E-state index contributed by atoms with van der Waals surface area (Å²) in [5.74, 6) is -0.183. The van der Waals surface area contributed by atoms with Gasteiger partial charge in [0.2, 0.25) is 0 Å². The van der Waals surface area contributed by atoms with Crippen LogP contribution in [0.25, 0.3) is 0 Å². The van der Waals surface area contributed by atoms with Crippen LogP contribution >= 0.6 is 0 Å². The lowest BCUT2D eigenvalue weighted by atomic mass is 10.1. The number of allylic oxidation sites excluding steroid dienone is 1. The molecule has 0 aliphatic carbocycles. The Morgan fingerprint density at radius 2 is 1.52 bits per heavy atom. The zero-order chi connectivity index (χ0) is 19.3. The fraction of sp³-hybridized carbons (Fsp3) is 0.375. The monoisotopic (exact) mass is 365 g/mol. The van der Waals surface area contributed by atoms with Gasteiger partial charge in [0.25, 0.3) is 0 Å². The molecule has 0 radical (unpaired) electrons. The van der Waals surface area contributed by atoms with Crippen molar-refractivity contribution >= 4 is 5.97 Å². The summed E-state index contributed by atoms with van der Waals surface area (Å²) in [6.45, 7) is 5.81. The second-order valence-electron chi connectivity index (χ2n) is 6.64. The Morgan fingerprint density at radius 1 is 0.963 bits per heavy atom. The Kier molecular flexibility index (Phi) is 9.36. The minimum Gasteiger partial charge on any atom is -0.465 e. The summed E-state index contributed by atoms with van der Waals surface area (Å²) in [7, 11) is 0. The fourth-order valence-corrected chi connectivity index (χ4v) is 3.01. The highest BCUT2D eigenvalue weighted by molar-refractivity contribution is 5.78. The van der Waals surface area contributed by atoms with Gasteiger partial charge >= 0.3 is 5.97 Å². The van der Waals surface area contributed by atoms with E-state index in [1.54, 1.807) is 0 Å². The van der Waals surface area contributed by atoms with Crippen molar-refractivity contribution in [1.82, 2.24) is 4.90 Å². The third-order valence-electron chi connectivity index (χ3n) is 4.42. The van der Waals surface area contributed by atoms with Crippen LogP contribution in [-0.4, -0.2) is 23.5 Å². The van der Waals surface area contributed by atoms with Crippen LogP contribution < -0.4 is 0 Å². The van der Waals surface area contributed by atoms with E-state index in [9.17, 15) is 4.79 Å². The molecular weight excluding hydrogens is 334 g/mol. The van der Waals surface area contributed by atoms with Crippen LogP contribution in [0.15, 0.2) is 72.8 Å². The Labute approximate surface area is 163 Å². The van der Waals surface area contributed by atoms with E-state index in [1.807, 2.05) is 49.4 Å². The number of hydrogen-bond acceptors (Lipinski definition) is 3. The molecule has 0 saturated heterocycles. The number of esters is 1. The molecule has 3 nitrogen and oxygen atoms in total. The number of benzene rings is 2. The van der Waals surface area contributed by atoms with Gasteiger partial charge in [0.1, 0.15) is 6.04 Å². The van der Waals surface area contributed by atoms with Crippen molar-refractivity contribution in [2.75, 3.05) is 6.61 Å². The number of unbranched alkanes of at least 4 members (excludes halogenated alkanes) is 2. The third-order valence-corrected chi connectivity index (χ3v) is 4.42. The second-order valence-corrected chi connectivity index (χ2v) is 6.64. The van der Waals surface area contributed by atoms with E-state index in [4.69, 9.17) is 4.74 Å². The summed E-state index contributed by atoms with van der Waals surface area (Å²) in [5, 5.41) is 0. The van der Waals surface area contributed by atoms with Crippen LogP contribution in [0.1, 0.15) is 44.2 Å². The van der Waals surface area contributed by atoms with Crippen LogP contribution in [0.3, 0.4) is 0 Å². The molecule has 0 spiro atoms. The number of nitrogens with zero attached hydrogens (tertiary/aromatic N) is 1. The molecule has 0 aliphatic heterocycles. The molecule has 0 amide bonds. The Morgan fingerprint density at radius 3 is 2.00 bits per heavy atom. The largest absolute Gasteiger partial charge is 0.465 e. The van der Waals surface area contributed by atoms with Crippen molar-refractivity contribution < 1.29 is 9.53 Å². The van der Waals surface area contributed by atoms with Crippen LogP contribution in [0.5, 0.6) is 0 Å². The topological polar surface area (TPSA) is 29.5 Å². The van der Waals surface area contributed by atoms with Gasteiger partial charge in [-0.1, -0.05) is 92.6 Å². The second kappa shape index (κ2) is 12.1. The molecule has 0 fully saturated rings. The predicted molar refractivity (Wildman–Crippen MR) is 111 cm³/mol. The highest BCUT2D eigenvalue weighted by atomic mass is 16.5. The first-order chi connectivity index (χ1) is 13.2. The van der Waals surface area contributed by atoms with E-state index in [0.29, 0.717) is 19.7 Å². The SMILES string of the molecule is CCCC/C=C/C(C(=O)OCC)N(Cc1ccccc1)Cc1ccccc1. The summed E-state index contributed by atoms with van der Waals surface area (Å²) >= 11 is 0. The van der Waals surface area contributed by atoms with Crippen molar-refractivity contribution in [3.05, 3.63) is 83.9 Å². The summed E-state index contributed by atoms with van der Waals surface area (Å²) in [5.41, 5.74) is 2.37. The quantitative estimate of drug-likeness (QED) is 0.305. The van der Waals surface area contributed by atoms with Crippen LogP contribution in [-0.2, 0) is 22.6 Å². The lowest BCUT2D eigenvalue weighted by molar-refractivity contribution is -0.148. The predicted octanol–water partition coefficient (Wildman–Crippen LogP) is 5.37. The molecule has 0 N–H and O–H groups in total. The normalized spacial score (nSPS) is 12.4. The zero-order valence-electron chi connectivity index (χ0n) is 16.5. The lowest BCUT2D eigenvalue weighted by Gasteiger charge is -2.28. The zero-order valence-corrected chi connectivity index (χ0v) is 16.5. The highest BCUT2D eigenvalue weighted by Crippen LogP contribution is 2.16. The number of hydrogen-bond donors (Lipinski definition) is 0. The van der Waals surface area contributed by atoms with Gasteiger partial charge < -0.3 is 4.74 Å². The first kappa shape index (κ1) is 20.9. The van der Waals surface area contributed by atoms with E-state index in [2.05, 4.69) is 42.2 Å². The van der Waals surface area contributed by atoms with Gasteiger partial charge in [-0.15, -0.1) is 0 Å². The molecule has 2 aromatic rings. The van der Waals surface area contributed by atoms with Crippen molar-refractivity contribution in [2.24, 2.45) is 0 Å². The molecule has 0 heterocycles. The maximum Gasteiger partial charge on any atom is 0.327 e. The molecule has 144 valence electrons. The van der Waals surface area contributed by atoms with Crippen molar-refractivity contribution in [1.29, 1.82) is 0 Å². The third kappa shape index (κ3) is 7.40. The van der Waals surface area contributed by atoms with Gasteiger partial charge in [0.05, 0.1) is 6.61 Å². The Balaban J connectivity index is 2.25. The number of carbonyl (C=O) groups is 1. The van der Waals surface area contributed by atoms with Crippen LogP contribution in [0.2, 0.25) is 0 Å². The van der Waals surface area contributed by atoms with Crippen LogP contribution in [0, 0.1) is 0 Å². The van der Waals surface area contributed by atoms with E-state index in [1.165, 1.54) is 11.1 Å². The molecule has 2 rings (SSSR count). The van der Waals surface area contributed by atoms with Gasteiger partial charge in [-0.2, -0.15) is 0 Å². The number of carbonyl (C=O) groups excluding carboxylic acids is 1. The molecule has 0 aliphatic rings. The molecule has 0 aromatic heterocycles. The lowest BCUT2D eigenvalue weighted by Crippen LogP contribution is -2.40. The summed E-state index contributed by atoms with van der Waals surface area (Å²) < 4.78 is 5.39. The number of ether oxygens (including phenoxy) is 1. The first-order valence-corrected chi connectivity index (χ1v) is 9.89. The highest BCUT2D eigenvalue weighted by Gasteiger charge is 2.25. The minimum atomic E-state index is -0.387. The standard InChI is InChI=1S/C24H31NO2/c1-3-5-6-13-18-23(24(26)27-4-2)25(19-21-14-9-7-10-15-21)20-22-16-11-8-12-17-22/h7-18,23H,3-6,19-20H2,1-2H3/b18-13+. The summed E-state index contributed by atoms with van der Waals surface area (Å²) in [6, 6.07) is 20.2. The average Bonchev–Trinajstić information content (AvgIpc) is 2.69. The van der Waals surface area contributed by atoms with E-state index in [0.717, 1.165) is 19.3 Å². The fourth-order valence-electron chi connectivity index (χ4n) is 3.01. The van der Waals surface area contributed by atoms with Gasteiger partial charge in [-0.3, -0.25) is 9.69 Å². The molecule has 0 saturated carbocycles. The first-order valence-electron chi connectivity index (χ1n) is 9.89. The minimum absolute atomic E-state index is 0.183. The number of rotatable bonds is 11. The maximum atomic E-state index is 12.7. The molecule has 27 heavy (non-hydrogen) atoms. The van der Waals surface area contributed by atoms with Crippen molar-refractivity contribution in [2.45, 2.75) is 52.2 Å². The van der Waals surface area contributed by atoms with Crippen molar-refractivity contribution in [3.63, 3.8) is 0 Å².